The molecule has 1 aliphatic heterocycles. The third-order valence-electron chi connectivity index (χ3n) is 3.62. The molecule has 1 aromatic rings. The molecule has 0 saturated carbocycles. The van der Waals surface area contributed by atoms with Crippen LogP contribution >= 0.6 is 0 Å². The zero-order valence-corrected chi connectivity index (χ0v) is 13.3. The molecule has 1 unspecified atom stereocenters. The lowest BCUT2D eigenvalue weighted by Gasteiger charge is -2.33. The Morgan fingerprint density at radius 1 is 1.41 bits per heavy atom. The van der Waals surface area contributed by atoms with E-state index in [4.69, 9.17) is 9.47 Å². The van der Waals surface area contributed by atoms with Crippen LogP contribution in [-0.4, -0.2) is 36.7 Å². The minimum atomic E-state index is -1.15. The standard InChI is InChI=1S/C17H23NO4/c1-12(2)21-10-6-9-18-16(20)17(3)11-13-7-4-5-8-14(13)15(19)22-17/h4-5,7-8,12H,6,9-11H2,1-3H3,(H,18,20). The van der Waals surface area contributed by atoms with Gasteiger partial charge in [-0.1, -0.05) is 18.2 Å². The van der Waals surface area contributed by atoms with Crippen molar-refractivity contribution < 1.29 is 19.1 Å². The zero-order chi connectivity index (χ0) is 16.2. The van der Waals surface area contributed by atoms with Crippen LogP contribution in [0.2, 0.25) is 0 Å². The van der Waals surface area contributed by atoms with Crippen LogP contribution in [0.1, 0.15) is 43.1 Å². The van der Waals surface area contributed by atoms with E-state index in [0.29, 0.717) is 25.1 Å². The van der Waals surface area contributed by atoms with Crippen LogP contribution in [0.5, 0.6) is 0 Å². The lowest BCUT2D eigenvalue weighted by atomic mass is 9.89. The molecule has 0 fully saturated rings. The summed E-state index contributed by atoms with van der Waals surface area (Å²) in [6.07, 6.45) is 1.30. The normalized spacial score (nSPS) is 20.5. The van der Waals surface area contributed by atoms with Gasteiger partial charge in [-0.3, -0.25) is 4.79 Å². The van der Waals surface area contributed by atoms with Crippen LogP contribution in [0, 0.1) is 0 Å². The molecule has 120 valence electrons. The Balaban J connectivity index is 1.91. The summed E-state index contributed by atoms with van der Waals surface area (Å²) in [5.74, 6) is -0.706. The minimum absolute atomic E-state index is 0.184. The number of nitrogens with one attached hydrogen (secondary N) is 1. The Bertz CT molecular complexity index is 555. The monoisotopic (exact) mass is 305 g/mol. The number of ether oxygens (including phenoxy) is 2. The quantitative estimate of drug-likeness (QED) is 0.645. The molecule has 5 heteroatoms. The second-order valence-electron chi connectivity index (χ2n) is 5.98. The third-order valence-corrected chi connectivity index (χ3v) is 3.62. The Morgan fingerprint density at radius 2 is 2.14 bits per heavy atom. The van der Waals surface area contributed by atoms with Crippen LogP contribution in [0.25, 0.3) is 0 Å². The van der Waals surface area contributed by atoms with Gasteiger partial charge in [0.25, 0.3) is 5.91 Å². The van der Waals surface area contributed by atoms with Crippen LogP contribution in [0.15, 0.2) is 24.3 Å². The van der Waals surface area contributed by atoms with E-state index in [1.54, 1.807) is 19.1 Å². The fraction of sp³-hybridized carbons (Fsp3) is 0.529. The molecule has 1 heterocycles. The molecule has 22 heavy (non-hydrogen) atoms. The van der Waals surface area contributed by atoms with Gasteiger partial charge in [-0.15, -0.1) is 0 Å². The molecule has 0 saturated heterocycles. The van der Waals surface area contributed by atoms with Crippen LogP contribution in [0.3, 0.4) is 0 Å². The highest BCUT2D eigenvalue weighted by molar-refractivity contribution is 5.97. The van der Waals surface area contributed by atoms with E-state index < -0.39 is 11.6 Å². The Hall–Kier alpha value is -1.88. The van der Waals surface area contributed by atoms with Crippen molar-refractivity contribution in [2.24, 2.45) is 0 Å². The fourth-order valence-corrected chi connectivity index (χ4v) is 2.44. The van der Waals surface area contributed by atoms with Crippen molar-refractivity contribution in [3.05, 3.63) is 35.4 Å². The second-order valence-corrected chi connectivity index (χ2v) is 5.98. The van der Waals surface area contributed by atoms with E-state index in [1.165, 1.54) is 0 Å². The smallest absolute Gasteiger partial charge is 0.339 e. The van der Waals surface area contributed by atoms with Gasteiger partial charge in [0.2, 0.25) is 0 Å². The number of carbonyl (C=O) groups is 2. The number of esters is 1. The van der Waals surface area contributed by atoms with Crippen molar-refractivity contribution >= 4 is 11.9 Å². The molecular formula is C17H23NO4. The Labute approximate surface area is 131 Å². The number of hydrogen-bond donors (Lipinski definition) is 1. The molecule has 2 rings (SSSR count). The van der Waals surface area contributed by atoms with Gasteiger partial charge in [-0.05, 0) is 38.8 Å². The average Bonchev–Trinajstić information content (AvgIpc) is 2.46. The first kappa shape index (κ1) is 16.5. The van der Waals surface area contributed by atoms with Gasteiger partial charge >= 0.3 is 5.97 Å². The molecule has 1 aliphatic rings. The molecule has 1 amide bonds. The van der Waals surface area contributed by atoms with E-state index in [2.05, 4.69) is 5.32 Å². The average molecular weight is 305 g/mol. The second kappa shape index (κ2) is 6.92. The van der Waals surface area contributed by atoms with Gasteiger partial charge in [0.1, 0.15) is 0 Å². The molecule has 0 spiro atoms. The molecule has 1 atom stereocenters. The van der Waals surface area contributed by atoms with Crippen molar-refractivity contribution in [2.75, 3.05) is 13.2 Å². The van der Waals surface area contributed by atoms with Gasteiger partial charge in [0, 0.05) is 19.6 Å². The highest BCUT2D eigenvalue weighted by Crippen LogP contribution is 2.28. The lowest BCUT2D eigenvalue weighted by Crippen LogP contribution is -2.51. The molecule has 5 nitrogen and oxygen atoms in total. The van der Waals surface area contributed by atoms with Crippen molar-refractivity contribution in [2.45, 2.75) is 45.3 Å². The van der Waals surface area contributed by atoms with E-state index >= 15 is 0 Å². The molecule has 1 aromatic carbocycles. The predicted molar refractivity (Wildman–Crippen MR) is 82.7 cm³/mol. The third kappa shape index (κ3) is 3.85. The molecule has 0 radical (unpaired) electrons. The molecule has 0 bridgehead atoms. The van der Waals surface area contributed by atoms with Gasteiger partial charge in [0.15, 0.2) is 5.60 Å². The first-order valence-electron chi connectivity index (χ1n) is 7.63. The van der Waals surface area contributed by atoms with E-state index in [1.807, 2.05) is 26.0 Å². The summed E-state index contributed by atoms with van der Waals surface area (Å²) in [5.41, 5.74) is 0.238. The van der Waals surface area contributed by atoms with Crippen LogP contribution in [0.4, 0.5) is 0 Å². The van der Waals surface area contributed by atoms with Gasteiger partial charge in [-0.25, -0.2) is 4.79 Å². The summed E-state index contributed by atoms with van der Waals surface area (Å²) in [7, 11) is 0. The molecule has 0 aromatic heterocycles. The number of fused-ring (bicyclic) bond motifs is 1. The predicted octanol–water partition coefficient (Wildman–Crippen LogP) is 2.09. The summed E-state index contributed by atoms with van der Waals surface area (Å²) < 4.78 is 10.8. The topological polar surface area (TPSA) is 64.6 Å². The largest absolute Gasteiger partial charge is 0.445 e. The highest BCUT2D eigenvalue weighted by atomic mass is 16.6. The summed E-state index contributed by atoms with van der Waals surface area (Å²) in [6, 6.07) is 7.23. The number of cyclic esters (lactones) is 1. The molecule has 1 N–H and O–H groups in total. The Kier molecular flexibility index (Phi) is 5.19. The lowest BCUT2D eigenvalue weighted by molar-refractivity contribution is -0.139. The van der Waals surface area contributed by atoms with Crippen LogP contribution in [-0.2, 0) is 20.7 Å². The number of carbonyl (C=O) groups excluding carboxylic acids is 2. The summed E-state index contributed by atoms with van der Waals surface area (Å²) in [6.45, 7) is 6.69. The summed E-state index contributed by atoms with van der Waals surface area (Å²) in [4.78, 5) is 24.4. The fourth-order valence-electron chi connectivity index (χ4n) is 2.44. The van der Waals surface area contributed by atoms with Gasteiger partial charge in [-0.2, -0.15) is 0 Å². The minimum Gasteiger partial charge on any atom is -0.445 e. The van der Waals surface area contributed by atoms with Gasteiger partial charge < -0.3 is 14.8 Å². The zero-order valence-electron chi connectivity index (χ0n) is 13.3. The maximum atomic E-state index is 12.3. The molecular weight excluding hydrogens is 282 g/mol. The van der Waals surface area contributed by atoms with E-state index in [0.717, 1.165) is 12.0 Å². The summed E-state index contributed by atoms with van der Waals surface area (Å²) in [5, 5.41) is 2.82. The van der Waals surface area contributed by atoms with E-state index in [9.17, 15) is 9.59 Å². The maximum Gasteiger partial charge on any atom is 0.339 e. The number of rotatable bonds is 6. The van der Waals surface area contributed by atoms with E-state index in [-0.39, 0.29) is 12.0 Å². The van der Waals surface area contributed by atoms with Crippen molar-refractivity contribution in [1.82, 2.24) is 5.32 Å². The highest BCUT2D eigenvalue weighted by Gasteiger charge is 2.42. The number of benzene rings is 1. The maximum absolute atomic E-state index is 12.3. The van der Waals surface area contributed by atoms with Crippen LogP contribution < -0.4 is 5.32 Å². The Morgan fingerprint density at radius 3 is 2.86 bits per heavy atom. The SMILES string of the molecule is CC(C)OCCCNC(=O)C1(C)Cc2ccccc2C(=O)O1. The van der Waals surface area contributed by atoms with Crippen molar-refractivity contribution in [3.63, 3.8) is 0 Å². The molecule has 0 aliphatic carbocycles. The van der Waals surface area contributed by atoms with Crippen molar-refractivity contribution in [1.29, 1.82) is 0 Å². The number of amides is 1. The van der Waals surface area contributed by atoms with Crippen molar-refractivity contribution in [3.8, 4) is 0 Å². The van der Waals surface area contributed by atoms with Gasteiger partial charge in [0.05, 0.1) is 11.7 Å². The summed E-state index contributed by atoms with van der Waals surface area (Å²) >= 11 is 0. The first-order valence-corrected chi connectivity index (χ1v) is 7.63. The number of hydrogen-bond acceptors (Lipinski definition) is 4. The first-order chi connectivity index (χ1) is 10.4.